The lowest BCUT2D eigenvalue weighted by atomic mass is 10.0. The number of piperazine rings is 1. The zero-order valence-corrected chi connectivity index (χ0v) is 18.7. The average Bonchev–Trinajstić information content (AvgIpc) is 2.77. The van der Waals surface area contributed by atoms with Gasteiger partial charge >= 0.3 is 6.09 Å². The Balaban J connectivity index is 1.85. The van der Waals surface area contributed by atoms with E-state index in [1.165, 1.54) is 15.3 Å². The van der Waals surface area contributed by atoms with Gasteiger partial charge in [0, 0.05) is 32.7 Å². The SMILES string of the molecule is C=CC(=O)NCCCCC(NC(=O)O)C(=O)N1CCN(S(=O)(=O)C2CCCCC2)CC1. The molecule has 10 nitrogen and oxygen atoms in total. The predicted octanol–water partition coefficient (Wildman–Crippen LogP) is 0.902. The van der Waals surface area contributed by atoms with E-state index < -0.39 is 22.2 Å². The van der Waals surface area contributed by atoms with Gasteiger partial charge in [0.05, 0.1) is 5.25 Å². The lowest BCUT2D eigenvalue weighted by Gasteiger charge is -2.37. The van der Waals surface area contributed by atoms with E-state index in [9.17, 15) is 22.8 Å². The number of nitrogens with zero attached hydrogens (tertiary/aromatic N) is 2. The molecule has 1 saturated carbocycles. The Morgan fingerprint density at radius 3 is 2.29 bits per heavy atom. The van der Waals surface area contributed by atoms with E-state index in [2.05, 4.69) is 17.2 Å². The molecule has 31 heavy (non-hydrogen) atoms. The van der Waals surface area contributed by atoms with Crippen molar-refractivity contribution in [3.63, 3.8) is 0 Å². The molecule has 0 aromatic heterocycles. The van der Waals surface area contributed by atoms with Gasteiger partial charge in [-0.3, -0.25) is 9.59 Å². The summed E-state index contributed by atoms with van der Waals surface area (Å²) in [7, 11) is -3.36. The molecule has 0 radical (unpaired) electrons. The molecule has 2 fully saturated rings. The molecule has 0 aromatic carbocycles. The van der Waals surface area contributed by atoms with Crippen molar-refractivity contribution in [3.8, 4) is 0 Å². The maximum absolute atomic E-state index is 12.9. The molecule has 1 heterocycles. The predicted molar refractivity (Wildman–Crippen MR) is 116 cm³/mol. The van der Waals surface area contributed by atoms with Crippen molar-refractivity contribution >= 4 is 27.9 Å². The van der Waals surface area contributed by atoms with Gasteiger partial charge in [0.2, 0.25) is 21.8 Å². The number of carboxylic acid groups (broad SMARTS) is 1. The summed E-state index contributed by atoms with van der Waals surface area (Å²) in [5.41, 5.74) is 0. The van der Waals surface area contributed by atoms with Crippen LogP contribution in [-0.4, -0.2) is 84.7 Å². The van der Waals surface area contributed by atoms with Crippen LogP contribution < -0.4 is 10.6 Å². The molecule has 1 unspecified atom stereocenters. The molecule has 0 aromatic rings. The van der Waals surface area contributed by atoms with Crippen LogP contribution in [0.3, 0.4) is 0 Å². The molecule has 11 heteroatoms. The summed E-state index contributed by atoms with van der Waals surface area (Å²) in [4.78, 5) is 36.7. The number of hydrogen-bond acceptors (Lipinski definition) is 5. The zero-order valence-electron chi connectivity index (χ0n) is 17.9. The first kappa shape index (κ1) is 25.1. The maximum atomic E-state index is 12.9. The van der Waals surface area contributed by atoms with Crippen molar-refractivity contribution in [2.75, 3.05) is 32.7 Å². The Labute approximate surface area is 184 Å². The highest BCUT2D eigenvalue weighted by atomic mass is 32.2. The van der Waals surface area contributed by atoms with E-state index >= 15 is 0 Å². The molecule has 176 valence electrons. The highest BCUT2D eigenvalue weighted by molar-refractivity contribution is 7.89. The van der Waals surface area contributed by atoms with Crippen molar-refractivity contribution < 1.29 is 27.9 Å². The summed E-state index contributed by atoms with van der Waals surface area (Å²) < 4.78 is 27.2. The lowest BCUT2D eigenvalue weighted by Crippen LogP contribution is -2.56. The Hall–Kier alpha value is -2.14. The molecule has 3 N–H and O–H groups in total. The number of hydrogen-bond donors (Lipinski definition) is 3. The van der Waals surface area contributed by atoms with Gasteiger partial charge in [0.25, 0.3) is 0 Å². The van der Waals surface area contributed by atoms with E-state index in [0.29, 0.717) is 38.6 Å². The summed E-state index contributed by atoms with van der Waals surface area (Å²) in [6.45, 7) is 4.74. The normalized spacial score (nSPS) is 19.4. The van der Waals surface area contributed by atoms with Gasteiger partial charge in [-0.15, -0.1) is 0 Å². The molecule has 2 aliphatic rings. The first-order chi connectivity index (χ1) is 14.8. The third-order valence-electron chi connectivity index (χ3n) is 5.88. The average molecular weight is 459 g/mol. The second-order valence-corrected chi connectivity index (χ2v) is 10.2. The molecule has 1 aliphatic carbocycles. The van der Waals surface area contributed by atoms with Crippen LogP contribution in [0.1, 0.15) is 51.4 Å². The monoisotopic (exact) mass is 458 g/mol. The molecule has 3 amide bonds. The molecular formula is C20H34N4O6S. The number of sulfonamides is 1. The summed E-state index contributed by atoms with van der Waals surface area (Å²) in [5, 5.41) is 13.7. The Morgan fingerprint density at radius 2 is 1.71 bits per heavy atom. The minimum Gasteiger partial charge on any atom is -0.465 e. The third kappa shape index (κ3) is 7.49. The second-order valence-electron chi connectivity index (χ2n) is 8.02. The van der Waals surface area contributed by atoms with Gasteiger partial charge in [-0.25, -0.2) is 13.2 Å². The van der Waals surface area contributed by atoms with Crippen LogP contribution in [0.15, 0.2) is 12.7 Å². The van der Waals surface area contributed by atoms with Crippen LogP contribution in [0.4, 0.5) is 4.79 Å². The first-order valence-electron chi connectivity index (χ1n) is 10.9. The smallest absolute Gasteiger partial charge is 0.405 e. The van der Waals surface area contributed by atoms with Gasteiger partial charge in [-0.05, 0) is 38.2 Å². The standard InChI is InChI=1S/C20H34N4O6S/c1-2-18(25)21-11-7-6-10-17(22-20(27)28)19(26)23-12-14-24(15-13-23)31(29,30)16-8-4-3-5-9-16/h2,16-17,22H,1,3-15H2,(H,21,25)(H,27,28). The van der Waals surface area contributed by atoms with Gasteiger partial charge < -0.3 is 20.6 Å². The highest BCUT2D eigenvalue weighted by Gasteiger charge is 2.36. The largest absolute Gasteiger partial charge is 0.465 e. The number of carbonyl (C=O) groups excluding carboxylic acids is 2. The number of unbranched alkanes of at least 4 members (excludes halogenated alkanes) is 1. The van der Waals surface area contributed by atoms with E-state index in [1.807, 2.05) is 0 Å². The van der Waals surface area contributed by atoms with Crippen molar-refractivity contribution in [3.05, 3.63) is 12.7 Å². The van der Waals surface area contributed by atoms with Crippen LogP contribution in [0, 0.1) is 0 Å². The quantitative estimate of drug-likeness (QED) is 0.329. The highest BCUT2D eigenvalue weighted by Crippen LogP contribution is 2.26. The number of amides is 3. The summed E-state index contributed by atoms with van der Waals surface area (Å²) in [6, 6.07) is -0.894. The van der Waals surface area contributed by atoms with Crippen molar-refractivity contribution in [1.29, 1.82) is 0 Å². The molecule has 1 atom stereocenters. The molecule has 0 bridgehead atoms. The zero-order chi connectivity index (χ0) is 22.9. The molecule has 0 spiro atoms. The van der Waals surface area contributed by atoms with Gasteiger partial charge in [-0.2, -0.15) is 4.31 Å². The van der Waals surface area contributed by atoms with E-state index in [1.54, 1.807) is 0 Å². The Kier molecular flexibility index (Phi) is 9.76. The summed E-state index contributed by atoms with van der Waals surface area (Å²) >= 11 is 0. The minimum absolute atomic E-state index is 0.234. The van der Waals surface area contributed by atoms with Crippen LogP contribution in [-0.2, 0) is 19.6 Å². The molecule has 2 rings (SSSR count). The Morgan fingerprint density at radius 1 is 1.06 bits per heavy atom. The van der Waals surface area contributed by atoms with Crippen molar-refractivity contribution in [1.82, 2.24) is 19.8 Å². The fourth-order valence-corrected chi connectivity index (χ4v) is 6.14. The topological polar surface area (TPSA) is 136 Å². The number of rotatable bonds is 10. The van der Waals surface area contributed by atoms with Gasteiger partial charge in [0.1, 0.15) is 6.04 Å². The first-order valence-corrected chi connectivity index (χ1v) is 12.4. The van der Waals surface area contributed by atoms with E-state index in [4.69, 9.17) is 5.11 Å². The molecular weight excluding hydrogens is 424 g/mol. The summed E-state index contributed by atoms with van der Waals surface area (Å²) in [6.07, 6.45) is 5.66. The van der Waals surface area contributed by atoms with Gasteiger partial charge in [-0.1, -0.05) is 25.8 Å². The number of carbonyl (C=O) groups is 3. The van der Waals surface area contributed by atoms with E-state index in [-0.39, 0.29) is 43.2 Å². The van der Waals surface area contributed by atoms with Crippen LogP contribution >= 0.6 is 0 Å². The lowest BCUT2D eigenvalue weighted by molar-refractivity contribution is -0.134. The number of nitrogens with one attached hydrogen (secondary N) is 2. The Bertz CT molecular complexity index is 743. The maximum Gasteiger partial charge on any atom is 0.405 e. The third-order valence-corrected chi connectivity index (χ3v) is 8.28. The van der Waals surface area contributed by atoms with Crippen LogP contribution in [0.5, 0.6) is 0 Å². The van der Waals surface area contributed by atoms with Crippen molar-refractivity contribution in [2.24, 2.45) is 0 Å². The minimum atomic E-state index is -3.36. The van der Waals surface area contributed by atoms with E-state index in [0.717, 1.165) is 19.3 Å². The fourth-order valence-electron chi connectivity index (χ4n) is 4.12. The van der Waals surface area contributed by atoms with Crippen LogP contribution in [0.25, 0.3) is 0 Å². The van der Waals surface area contributed by atoms with Crippen molar-refractivity contribution in [2.45, 2.75) is 62.7 Å². The summed E-state index contributed by atoms with van der Waals surface area (Å²) in [5.74, 6) is -0.621. The molecule has 1 aliphatic heterocycles. The van der Waals surface area contributed by atoms with Crippen LogP contribution in [0.2, 0.25) is 0 Å². The fraction of sp³-hybridized carbons (Fsp3) is 0.750. The molecule has 1 saturated heterocycles. The van der Waals surface area contributed by atoms with Gasteiger partial charge in [0.15, 0.2) is 0 Å². The second kappa shape index (κ2) is 12.0.